The van der Waals surface area contributed by atoms with E-state index in [1.807, 2.05) is 30.4 Å². The third kappa shape index (κ3) is 4.08. The lowest BCUT2D eigenvalue weighted by Gasteiger charge is -2.06. The molecule has 1 aliphatic rings. The highest BCUT2D eigenvalue weighted by atomic mass is 32.2. The number of anilines is 1. The number of allylic oxidation sites excluding steroid dienone is 1. The largest absolute Gasteiger partial charge is 0.355 e. The summed E-state index contributed by atoms with van der Waals surface area (Å²) in [5, 5.41) is 11.7. The molecule has 5 rings (SSSR count). The number of sulfonamides is 1. The molecule has 0 aliphatic carbocycles. The number of carbonyl (C=O) groups is 1. The Balaban J connectivity index is 1.62. The van der Waals surface area contributed by atoms with Crippen LogP contribution in [0, 0.1) is 0 Å². The number of benzene rings is 1. The Morgan fingerprint density at radius 1 is 1.18 bits per heavy atom. The first kappa shape index (κ1) is 21.6. The summed E-state index contributed by atoms with van der Waals surface area (Å²) in [5.41, 5.74) is 5.35. The average molecular weight is 476 g/mol. The highest BCUT2D eigenvalue weighted by molar-refractivity contribution is 7.92. The summed E-state index contributed by atoms with van der Waals surface area (Å²) < 4.78 is 25.7. The van der Waals surface area contributed by atoms with Crippen LogP contribution in [0.4, 0.5) is 5.69 Å². The van der Waals surface area contributed by atoms with Crippen LogP contribution in [0.5, 0.6) is 0 Å². The minimum absolute atomic E-state index is 0.168. The summed E-state index contributed by atoms with van der Waals surface area (Å²) in [6.45, 7) is 0.414. The Morgan fingerprint density at radius 3 is 2.82 bits per heavy atom. The van der Waals surface area contributed by atoms with E-state index in [1.54, 1.807) is 25.4 Å². The standard InChI is InChI=1S/C23H21N7O3S/c1-24-23(31)16-4-3-5-19-17(16)10-20(27-19)21-18-9-13(6-7-26-22(18)29-28-21)14-8-15(12-25-11-14)30-34(2,32)33/h3-6,8-12,27,30H,7H2,1-2H3,(H,24,31)(H,26,29). The highest BCUT2D eigenvalue weighted by Crippen LogP contribution is 2.25. The van der Waals surface area contributed by atoms with Crippen molar-refractivity contribution in [2.24, 2.45) is 4.99 Å². The fourth-order valence-corrected chi connectivity index (χ4v) is 4.48. The van der Waals surface area contributed by atoms with Gasteiger partial charge in [0.05, 0.1) is 30.4 Å². The van der Waals surface area contributed by atoms with Crippen LogP contribution >= 0.6 is 0 Å². The summed E-state index contributed by atoms with van der Waals surface area (Å²) in [4.78, 5) is 24.4. The number of amides is 1. The van der Waals surface area contributed by atoms with Crippen molar-refractivity contribution >= 4 is 44.2 Å². The maximum absolute atomic E-state index is 12.3. The smallest absolute Gasteiger partial charge is 0.251 e. The predicted molar refractivity (Wildman–Crippen MR) is 130 cm³/mol. The van der Waals surface area contributed by atoms with Gasteiger partial charge in [-0.3, -0.25) is 24.6 Å². The molecule has 0 atom stereocenters. The van der Waals surface area contributed by atoms with Crippen LogP contribution in [0.1, 0.15) is 15.9 Å². The van der Waals surface area contributed by atoms with E-state index in [2.05, 4.69) is 35.2 Å². The normalized spacial score (nSPS) is 13.3. The molecule has 0 saturated carbocycles. The molecule has 4 N–H and O–H groups in total. The van der Waals surface area contributed by atoms with Crippen LogP contribution in [0.2, 0.25) is 0 Å². The maximum atomic E-state index is 12.3. The van der Waals surface area contributed by atoms with Crippen molar-refractivity contribution in [2.45, 2.75) is 0 Å². The van der Waals surface area contributed by atoms with Crippen LogP contribution < -0.4 is 20.7 Å². The number of carbonyl (C=O) groups excluding carboxylic acids is 1. The molecule has 10 nitrogen and oxygen atoms in total. The van der Waals surface area contributed by atoms with E-state index in [4.69, 9.17) is 0 Å². The number of hydrogen-bond donors (Lipinski definition) is 4. The summed E-state index contributed by atoms with van der Waals surface area (Å²) in [7, 11) is -1.83. The summed E-state index contributed by atoms with van der Waals surface area (Å²) in [6, 6.07) is 9.13. The van der Waals surface area contributed by atoms with Gasteiger partial charge in [-0.15, -0.1) is 0 Å². The summed E-state index contributed by atoms with van der Waals surface area (Å²) in [6.07, 6.45) is 8.09. The Morgan fingerprint density at radius 2 is 2.03 bits per heavy atom. The van der Waals surface area contributed by atoms with E-state index in [1.165, 1.54) is 6.20 Å². The number of H-pyrrole nitrogens is 2. The molecule has 1 amide bonds. The van der Waals surface area contributed by atoms with Crippen molar-refractivity contribution in [3.8, 4) is 11.4 Å². The zero-order valence-electron chi connectivity index (χ0n) is 18.4. The zero-order chi connectivity index (χ0) is 23.9. The zero-order valence-corrected chi connectivity index (χ0v) is 19.2. The molecule has 4 heterocycles. The molecule has 172 valence electrons. The van der Waals surface area contributed by atoms with E-state index in [0.29, 0.717) is 29.0 Å². The van der Waals surface area contributed by atoms with Crippen LogP contribution in [-0.4, -0.2) is 54.3 Å². The fraction of sp³-hybridized carbons (Fsp3) is 0.130. The number of hydrogen-bond acceptors (Lipinski definition) is 6. The van der Waals surface area contributed by atoms with Crippen molar-refractivity contribution in [2.75, 3.05) is 24.6 Å². The molecular weight excluding hydrogens is 454 g/mol. The van der Waals surface area contributed by atoms with Crippen LogP contribution in [0.25, 0.3) is 33.9 Å². The molecule has 1 aliphatic heterocycles. The summed E-state index contributed by atoms with van der Waals surface area (Å²) in [5.74, 6) is -0.168. The number of aromatic nitrogens is 4. The van der Waals surface area contributed by atoms with Gasteiger partial charge in [-0.05, 0) is 35.9 Å². The Labute approximate surface area is 194 Å². The molecule has 0 spiro atoms. The van der Waals surface area contributed by atoms with Gasteiger partial charge in [-0.25, -0.2) is 8.42 Å². The van der Waals surface area contributed by atoms with Gasteiger partial charge in [0.1, 0.15) is 5.69 Å². The Kier molecular flexibility index (Phi) is 5.25. The lowest BCUT2D eigenvalue weighted by Crippen LogP contribution is -2.24. The van der Waals surface area contributed by atoms with Gasteiger partial charge in [-0.1, -0.05) is 12.1 Å². The number of aromatic amines is 2. The molecule has 3 aromatic heterocycles. The van der Waals surface area contributed by atoms with E-state index in [9.17, 15) is 13.2 Å². The average Bonchev–Trinajstić information content (AvgIpc) is 3.34. The third-order valence-electron chi connectivity index (χ3n) is 5.41. The van der Waals surface area contributed by atoms with Crippen LogP contribution in [0.3, 0.4) is 0 Å². The van der Waals surface area contributed by atoms with Gasteiger partial charge in [0.15, 0.2) is 5.49 Å². The molecule has 0 unspecified atom stereocenters. The van der Waals surface area contributed by atoms with Crippen LogP contribution in [-0.2, 0) is 10.0 Å². The number of nitrogens with zero attached hydrogens (tertiary/aromatic N) is 3. The lowest BCUT2D eigenvalue weighted by molar-refractivity contribution is 0.0964. The third-order valence-corrected chi connectivity index (χ3v) is 6.02. The highest BCUT2D eigenvalue weighted by Gasteiger charge is 2.16. The number of fused-ring (bicyclic) bond motifs is 2. The Hall–Kier alpha value is -4.25. The van der Waals surface area contributed by atoms with E-state index >= 15 is 0 Å². The van der Waals surface area contributed by atoms with Gasteiger partial charge in [-0.2, -0.15) is 5.10 Å². The van der Waals surface area contributed by atoms with Gasteiger partial charge >= 0.3 is 0 Å². The molecule has 4 aromatic rings. The monoisotopic (exact) mass is 475 g/mol. The van der Waals surface area contributed by atoms with Gasteiger partial charge in [0.25, 0.3) is 5.91 Å². The van der Waals surface area contributed by atoms with Crippen molar-refractivity contribution < 1.29 is 13.2 Å². The predicted octanol–water partition coefficient (Wildman–Crippen LogP) is 1.18. The van der Waals surface area contributed by atoms with Gasteiger partial charge in [0.2, 0.25) is 10.0 Å². The quantitative estimate of drug-likeness (QED) is 0.343. The SMILES string of the molecule is CNC(=O)c1cccc2[nH]c(-c3n[nH]c4c3=CC(c3cncc(NS(C)(=O)=O)c3)=CCN=4)cc12. The van der Waals surface area contributed by atoms with E-state index < -0.39 is 10.0 Å². The second-order valence-electron chi connectivity index (χ2n) is 7.84. The molecular formula is C23H21N7O3S. The number of pyridine rings is 1. The molecule has 0 fully saturated rings. The number of rotatable bonds is 5. The number of nitrogens with one attached hydrogen (secondary N) is 4. The first-order valence-corrected chi connectivity index (χ1v) is 12.3. The lowest BCUT2D eigenvalue weighted by atomic mass is 10.1. The minimum atomic E-state index is -3.42. The first-order valence-electron chi connectivity index (χ1n) is 10.4. The van der Waals surface area contributed by atoms with Crippen molar-refractivity contribution in [1.29, 1.82) is 0 Å². The first-order chi connectivity index (χ1) is 16.3. The van der Waals surface area contributed by atoms with Crippen molar-refractivity contribution in [1.82, 2.24) is 25.5 Å². The molecule has 0 radical (unpaired) electrons. The van der Waals surface area contributed by atoms with Gasteiger partial charge in [0, 0.05) is 40.5 Å². The maximum Gasteiger partial charge on any atom is 0.251 e. The molecule has 0 bridgehead atoms. The molecule has 11 heteroatoms. The molecule has 1 aromatic carbocycles. The second kappa shape index (κ2) is 8.27. The minimum Gasteiger partial charge on any atom is -0.355 e. The van der Waals surface area contributed by atoms with Crippen molar-refractivity contribution in [3.63, 3.8) is 0 Å². The molecule has 34 heavy (non-hydrogen) atoms. The fourth-order valence-electron chi connectivity index (χ4n) is 3.94. The summed E-state index contributed by atoms with van der Waals surface area (Å²) >= 11 is 0. The van der Waals surface area contributed by atoms with Crippen LogP contribution in [0.15, 0.2) is 53.8 Å². The molecule has 0 saturated heterocycles. The van der Waals surface area contributed by atoms with E-state index in [0.717, 1.165) is 39.2 Å². The topological polar surface area (TPSA) is 145 Å². The van der Waals surface area contributed by atoms with Crippen molar-refractivity contribution in [3.05, 3.63) is 70.6 Å². The van der Waals surface area contributed by atoms with E-state index in [-0.39, 0.29) is 5.91 Å². The Bertz CT molecular complexity index is 1700. The van der Waals surface area contributed by atoms with Gasteiger partial charge < -0.3 is 10.3 Å². The second-order valence-corrected chi connectivity index (χ2v) is 9.59.